The van der Waals surface area contributed by atoms with Crippen LogP contribution in [0.2, 0.25) is 0 Å². The summed E-state index contributed by atoms with van der Waals surface area (Å²) in [6.45, 7) is 0. The van der Waals surface area contributed by atoms with Gasteiger partial charge in [0.2, 0.25) is 0 Å². The van der Waals surface area contributed by atoms with Crippen molar-refractivity contribution < 1.29 is 14.3 Å². The van der Waals surface area contributed by atoms with E-state index in [9.17, 15) is 9.59 Å². The molecule has 2 aromatic rings. The SMILES string of the molecule is COC(=O)c1cnc(C(=O)N[C@@H]2CC[C@@H]2c2ccccc2)cn1. The molecular formula is C17H17N3O3. The molecule has 3 rings (SSSR count). The van der Waals surface area contributed by atoms with E-state index in [2.05, 4.69) is 32.2 Å². The van der Waals surface area contributed by atoms with Gasteiger partial charge in [-0.05, 0) is 18.4 Å². The van der Waals surface area contributed by atoms with E-state index in [0.717, 1.165) is 12.8 Å². The lowest BCUT2D eigenvalue weighted by Gasteiger charge is -2.37. The smallest absolute Gasteiger partial charge is 0.358 e. The fraction of sp³-hybridized carbons (Fsp3) is 0.294. The van der Waals surface area contributed by atoms with Gasteiger partial charge in [-0.1, -0.05) is 30.3 Å². The fourth-order valence-corrected chi connectivity index (χ4v) is 2.67. The largest absolute Gasteiger partial charge is 0.464 e. The Morgan fingerprint density at radius 3 is 2.35 bits per heavy atom. The molecule has 118 valence electrons. The molecule has 0 radical (unpaired) electrons. The number of nitrogens with zero attached hydrogens (tertiary/aromatic N) is 2. The highest BCUT2D eigenvalue weighted by atomic mass is 16.5. The Morgan fingerprint density at radius 1 is 1.09 bits per heavy atom. The first-order valence-electron chi connectivity index (χ1n) is 7.45. The quantitative estimate of drug-likeness (QED) is 0.873. The number of nitrogens with one attached hydrogen (secondary N) is 1. The van der Waals surface area contributed by atoms with Gasteiger partial charge in [0.05, 0.1) is 19.5 Å². The van der Waals surface area contributed by atoms with E-state index in [1.807, 2.05) is 18.2 Å². The molecule has 1 fully saturated rings. The number of ether oxygens (including phenoxy) is 1. The maximum atomic E-state index is 12.2. The molecule has 0 aliphatic heterocycles. The average Bonchev–Trinajstić information content (AvgIpc) is 2.59. The van der Waals surface area contributed by atoms with E-state index in [1.165, 1.54) is 25.1 Å². The van der Waals surface area contributed by atoms with Gasteiger partial charge in [0.15, 0.2) is 5.69 Å². The molecule has 6 heteroatoms. The summed E-state index contributed by atoms with van der Waals surface area (Å²) in [5.41, 5.74) is 1.50. The van der Waals surface area contributed by atoms with Crippen LogP contribution >= 0.6 is 0 Å². The zero-order valence-corrected chi connectivity index (χ0v) is 12.7. The first kappa shape index (κ1) is 15.1. The van der Waals surface area contributed by atoms with E-state index in [-0.39, 0.29) is 23.3 Å². The highest BCUT2D eigenvalue weighted by Gasteiger charge is 2.33. The summed E-state index contributed by atoms with van der Waals surface area (Å²) in [5, 5.41) is 2.99. The van der Waals surface area contributed by atoms with Gasteiger partial charge in [0, 0.05) is 12.0 Å². The van der Waals surface area contributed by atoms with Gasteiger partial charge in [-0.15, -0.1) is 0 Å². The fourth-order valence-electron chi connectivity index (χ4n) is 2.67. The molecule has 1 heterocycles. The zero-order chi connectivity index (χ0) is 16.2. The number of methoxy groups -OCH3 is 1. The van der Waals surface area contributed by atoms with Gasteiger partial charge < -0.3 is 10.1 Å². The summed E-state index contributed by atoms with van der Waals surface area (Å²) < 4.78 is 4.55. The van der Waals surface area contributed by atoms with Crippen LogP contribution < -0.4 is 5.32 Å². The highest BCUT2D eigenvalue weighted by molar-refractivity contribution is 5.93. The predicted octanol–water partition coefficient (Wildman–Crippen LogP) is 1.94. The minimum Gasteiger partial charge on any atom is -0.464 e. The first-order chi connectivity index (χ1) is 11.2. The second-order valence-electron chi connectivity index (χ2n) is 5.45. The zero-order valence-electron chi connectivity index (χ0n) is 12.7. The number of benzene rings is 1. The van der Waals surface area contributed by atoms with Gasteiger partial charge in [-0.3, -0.25) is 4.79 Å². The number of hydrogen-bond donors (Lipinski definition) is 1. The van der Waals surface area contributed by atoms with Gasteiger partial charge in [0.1, 0.15) is 5.69 Å². The molecule has 23 heavy (non-hydrogen) atoms. The van der Waals surface area contributed by atoms with Crippen LogP contribution in [-0.2, 0) is 4.74 Å². The molecule has 0 spiro atoms. The third kappa shape index (κ3) is 3.21. The van der Waals surface area contributed by atoms with E-state index in [1.54, 1.807) is 0 Å². The third-order valence-electron chi connectivity index (χ3n) is 4.10. The second kappa shape index (κ2) is 6.56. The van der Waals surface area contributed by atoms with Crippen molar-refractivity contribution in [2.45, 2.75) is 24.8 Å². The summed E-state index contributed by atoms with van der Waals surface area (Å²) in [7, 11) is 1.27. The van der Waals surface area contributed by atoms with Gasteiger partial charge in [-0.2, -0.15) is 0 Å². The topological polar surface area (TPSA) is 81.2 Å². The van der Waals surface area contributed by atoms with Crippen molar-refractivity contribution in [2.75, 3.05) is 7.11 Å². The Bertz CT molecular complexity index is 701. The number of hydrogen-bond acceptors (Lipinski definition) is 5. The molecule has 1 aliphatic carbocycles. The van der Waals surface area contributed by atoms with Gasteiger partial charge in [0.25, 0.3) is 5.91 Å². The second-order valence-corrected chi connectivity index (χ2v) is 5.45. The number of carbonyl (C=O) groups excluding carboxylic acids is 2. The summed E-state index contributed by atoms with van der Waals surface area (Å²) in [6, 6.07) is 10.2. The van der Waals surface area contributed by atoms with E-state index in [4.69, 9.17) is 0 Å². The normalized spacial score (nSPS) is 19.5. The van der Waals surface area contributed by atoms with Crippen LogP contribution in [0.1, 0.15) is 45.3 Å². The Balaban J connectivity index is 1.64. The van der Waals surface area contributed by atoms with Gasteiger partial charge in [-0.25, -0.2) is 14.8 Å². The maximum absolute atomic E-state index is 12.2. The van der Waals surface area contributed by atoms with Crippen LogP contribution in [0.5, 0.6) is 0 Å². The Morgan fingerprint density at radius 2 is 1.78 bits per heavy atom. The molecule has 1 aromatic heterocycles. The van der Waals surface area contributed by atoms with Crippen LogP contribution in [0.3, 0.4) is 0 Å². The summed E-state index contributed by atoms with van der Waals surface area (Å²) in [4.78, 5) is 31.4. The molecule has 0 saturated heterocycles. The average molecular weight is 311 g/mol. The number of esters is 1. The summed E-state index contributed by atoms with van der Waals surface area (Å²) in [5.74, 6) is -0.519. The molecule has 1 aliphatic rings. The van der Waals surface area contributed by atoms with Crippen LogP contribution in [-0.4, -0.2) is 35.0 Å². The molecule has 0 unspecified atom stereocenters. The molecule has 1 saturated carbocycles. The van der Waals surface area contributed by atoms with Crippen molar-refractivity contribution in [1.29, 1.82) is 0 Å². The van der Waals surface area contributed by atoms with Crippen molar-refractivity contribution >= 4 is 11.9 Å². The van der Waals surface area contributed by atoms with Crippen molar-refractivity contribution in [2.24, 2.45) is 0 Å². The maximum Gasteiger partial charge on any atom is 0.358 e. The molecule has 1 amide bonds. The molecule has 1 aromatic carbocycles. The predicted molar refractivity (Wildman–Crippen MR) is 83.0 cm³/mol. The lowest BCUT2D eigenvalue weighted by molar-refractivity contribution is 0.0592. The number of rotatable bonds is 4. The molecular weight excluding hydrogens is 294 g/mol. The minimum absolute atomic E-state index is 0.0786. The van der Waals surface area contributed by atoms with Crippen molar-refractivity contribution in [3.05, 3.63) is 59.7 Å². The van der Waals surface area contributed by atoms with Crippen LogP contribution in [0.4, 0.5) is 0 Å². The first-order valence-corrected chi connectivity index (χ1v) is 7.45. The standard InChI is InChI=1S/C17H17N3O3/c1-23-17(22)15-10-18-14(9-19-15)16(21)20-13-8-7-12(13)11-5-3-2-4-6-11/h2-6,9-10,12-13H,7-8H2,1H3,(H,20,21)/t12-,13-/m1/s1. The Kier molecular flexibility index (Phi) is 4.32. The number of aromatic nitrogens is 2. The monoisotopic (exact) mass is 311 g/mol. The summed E-state index contributed by atoms with van der Waals surface area (Å²) >= 11 is 0. The van der Waals surface area contributed by atoms with Crippen LogP contribution in [0, 0.1) is 0 Å². The lowest BCUT2D eigenvalue weighted by Crippen LogP contribution is -2.45. The Hall–Kier alpha value is -2.76. The Labute approximate surface area is 133 Å². The van der Waals surface area contributed by atoms with E-state index < -0.39 is 5.97 Å². The third-order valence-corrected chi connectivity index (χ3v) is 4.10. The number of carbonyl (C=O) groups is 2. The molecule has 2 atom stereocenters. The minimum atomic E-state index is -0.576. The molecule has 0 bridgehead atoms. The van der Waals surface area contributed by atoms with E-state index in [0.29, 0.717) is 5.92 Å². The van der Waals surface area contributed by atoms with Crippen molar-refractivity contribution in [1.82, 2.24) is 15.3 Å². The summed E-state index contributed by atoms with van der Waals surface area (Å²) in [6.07, 6.45) is 4.54. The van der Waals surface area contributed by atoms with E-state index >= 15 is 0 Å². The van der Waals surface area contributed by atoms with Crippen LogP contribution in [0.15, 0.2) is 42.7 Å². The number of amides is 1. The highest BCUT2D eigenvalue weighted by Crippen LogP contribution is 2.36. The molecule has 1 N–H and O–H groups in total. The van der Waals surface area contributed by atoms with Gasteiger partial charge >= 0.3 is 5.97 Å². The molecule has 6 nitrogen and oxygen atoms in total. The lowest BCUT2D eigenvalue weighted by atomic mass is 9.75. The van der Waals surface area contributed by atoms with Crippen LogP contribution in [0.25, 0.3) is 0 Å². The van der Waals surface area contributed by atoms with Crippen molar-refractivity contribution in [3.63, 3.8) is 0 Å². The van der Waals surface area contributed by atoms with Crippen molar-refractivity contribution in [3.8, 4) is 0 Å².